The quantitative estimate of drug-likeness (QED) is 0.434. The number of aromatic hydroxyl groups is 1. The van der Waals surface area contributed by atoms with Crippen LogP contribution in [0.4, 0.5) is 5.69 Å². The number of amides is 1. The van der Waals surface area contributed by atoms with Crippen LogP contribution in [-0.4, -0.2) is 31.3 Å². The summed E-state index contributed by atoms with van der Waals surface area (Å²) in [5, 5.41) is 13.8. The Kier molecular flexibility index (Phi) is 5.33. The van der Waals surface area contributed by atoms with Gasteiger partial charge in [-0.3, -0.25) is 4.79 Å². The molecule has 0 spiro atoms. The number of phenolic OH excluding ortho intramolecular Hbond substituents is 1. The van der Waals surface area contributed by atoms with Gasteiger partial charge in [-0.05, 0) is 42.0 Å². The van der Waals surface area contributed by atoms with Gasteiger partial charge in [0, 0.05) is 11.8 Å². The number of hydrogen-bond donors (Lipinski definition) is 2. The standard InChI is InChI=1S/C26H21NO7/c1-31-16-7-5-6-15(13-16)27-25(29)24-21(14-10-11-20(32-2)18(28)12-14)22-23(34-24)17-8-3-4-9-19(17)33-26(22)30/h3-13,21,24,28H,1-2H3,(H,27,29)/t21-,24+/m0/s1. The minimum absolute atomic E-state index is 0.120. The van der Waals surface area contributed by atoms with Crippen LogP contribution >= 0.6 is 0 Å². The van der Waals surface area contributed by atoms with Crippen molar-refractivity contribution < 1.29 is 28.5 Å². The topological polar surface area (TPSA) is 107 Å². The van der Waals surface area contributed by atoms with E-state index in [4.69, 9.17) is 18.6 Å². The van der Waals surface area contributed by atoms with E-state index in [-0.39, 0.29) is 22.8 Å². The molecule has 2 heterocycles. The molecule has 4 aromatic rings. The molecule has 0 unspecified atom stereocenters. The minimum Gasteiger partial charge on any atom is -0.504 e. The number of phenols is 1. The molecule has 3 aromatic carbocycles. The maximum Gasteiger partial charge on any atom is 0.344 e. The molecule has 34 heavy (non-hydrogen) atoms. The lowest BCUT2D eigenvalue weighted by molar-refractivity contribution is -0.122. The van der Waals surface area contributed by atoms with E-state index in [0.717, 1.165) is 0 Å². The zero-order valence-electron chi connectivity index (χ0n) is 18.4. The van der Waals surface area contributed by atoms with E-state index >= 15 is 0 Å². The number of rotatable bonds is 5. The predicted molar refractivity (Wildman–Crippen MR) is 125 cm³/mol. The van der Waals surface area contributed by atoms with Crippen molar-refractivity contribution in [1.82, 2.24) is 0 Å². The Hall–Kier alpha value is -4.46. The summed E-state index contributed by atoms with van der Waals surface area (Å²) in [7, 11) is 2.97. The van der Waals surface area contributed by atoms with Crippen molar-refractivity contribution in [2.75, 3.05) is 19.5 Å². The van der Waals surface area contributed by atoms with E-state index < -0.39 is 23.6 Å². The maximum absolute atomic E-state index is 13.4. The molecule has 5 rings (SSSR count). The molecule has 0 saturated heterocycles. The number of carbonyl (C=O) groups excluding carboxylic acids is 1. The van der Waals surface area contributed by atoms with Gasteiger partial charge < -0.3 is 29.1 Å². The number of ether oxygens (including phenoxy) is 3. The molecule has 1 aliphatic heterocycles. The molecule has 2 atom stereocenters. The molecule has 0 bridgehead atoms. The number of benzene rings is 3. The van der Waals surface area contributed by atoms with Crippen molar-refractivity contribution in [3.8, 4) is 23.0 Å². The maximum atomic E-state index is 13.4. The average molecular weight is 459 g/mol. The van der Waals surface area contributed by atoms with E-state index in [0.29, 0.717) is 28.0 Å². The number of nitrogens with one attached hydrogen (secondary N) is 1. The highest BCUT2D eigenvalue weighted by molar-refractivity contribution is 5.97. The Labute approximate surface area is 194 Å². The first-order valence-corrected chi connectivity index (χ1v) is 10.5. The number of anilines is 1. The Balaban J connectivity index is 1.63. The van der Waals surface area contributed by atoms with Crippen LogP contribution in [0.25, 0.3) is 11.0 Å². The highest BCUT2D eigenvalue weighted by Gasteiger charge is 2.44. The van der Waals surface area contributed by atoms with Crippen LogP contribution in [0, 0.1) is 0 Å². The second-order valence-corrected chi connectivity index (χ2v) is 7.80. The van der Waals surface area contributed by atoms with Crippen LogP contribution in [0.15, 0.2) is 75.9 Å². The Bertz CT molecular complexity index is 1460. The zero-order valence-corrected chi connectivity index (χ0v) is 18.4. The molecule has 0 radical (unpaired) electrons. The zero-order chi connectivity index (χ0) is 23.8. The number of fused-ring (bicyclic) bond motifs is 3. The van der Waals surface area contributed by atoms with Gasteiger partial charge in [0.2, 0.25) is 0 Å². The highest BCUT2D eigenvalue weighted by Crippen LogP contribution is 2.45. The van der Waals surface area contributed by atoms with Crippen molar-refractivity contribution in [3.63, 3.8) is 0 Å². The SMILES string of the molecule is COc1cccc(NC(=O)[C@@H]2Oc3c(c(=O)oc4ccccc34)[C@@H]2c2ccc(OC)c(O)c2)c1. The van der Waals surface area contributed by atoms with Gasteiger partial charge in [0.1, 0.15) is 17.1 Å². The second kappa shape index (κ2) is 8.47. The molecule has 1 aromatic heterocycles. The smallest absolute Gasteiger partial charge is 0.344 e. The van der Waals surface area contributed by atoms with Gasteiger partial charge >= 0.3 is 5.63 Å². The Morgan fingerprint density at radius 3 is 2.59 bits per heavy atom. The van der Waals surface area contributed by atoms with Crippen LogP contribution in [-0.2, 0) is 4.79 Å². The third kappa shape index (κ3) is 3.59. The van der Waals surface area contributed by atoms with Gasteiger partial charge in [0.15, 0.2) is 17.6 Å². The molecule has 172 valence electrons. The van der Waals surface area contributed by atoms with Crippen LogP contribution in [0.2, 0.25) is 0 Å². The highest BCUT2D eigenvalue weighted by atomic mass is 16.5. The summed E-state index contributed by atoms with van der Waals surface area (Å²) in [6, 6.07) is 18.6. The Morgan fingerprint density at radius 2 is 1.82 bits per heavy atom. The summed E-state index contributed by atoms with van der Waals surface area (Å²) in [5.74, 6) is -0.266. The molecular formula is C26H21NO7. The lowest BCUT2D eigenvalue weighted by Crippen LogP contribution is -2.35. The van der Waals surface area contributed by atoms with E-state index in [2.05, 4.69) is 5.32 Å². The summed E-state index contributed by atoms with van der Waals surface area (Å²) < 4.78 is 22.0. The normalized spacial score (nSPS) is 16.5. The van der Waals surface area contributed by atoms with Gasteiger partial charge in [0.25, 0.3) is 5.91 Å². The molecule has 1 amide bonds. The largest absolute Gasteiger partial charge is 0.504 e. The fourth-order valence-corrected chi connectivity index (χ4v) is 4.24. The van der Waals surface area contributed by atoms with Crippen molar-refractivity contribution in [2.45, 2.75) is 12.0 Å². The van der Waals surface area contributed by atoms with E-state index in [1.54, 1.807) is 60.7 Å². The van der Waals surface area contributed by atoms with Crippen LogP contribution < -0.4 is 25.2 Å². The number of carbonyl (C=O) groups is 1. The molecule has 2 N–H and O–H groups in total. The van der Waals surface area contributed by atoms with Crippen LogP contribution in [0.5, 0.6) is 23.0 Å². The number of para-hydroxylation sites is 1. The van der Waals surface area contributed by atoms with Gasteiger partial charge in [-0.25, -0.2) is 4.79 Å². The summed E-state index contributed by atoms with van der Waals surface area (Å²) in [5.41, 5.74) is 0.985. The summed E-state index contributed by atoms with van der Waals surface area (Å²) in [6.45, 7) is 0. The third-order valence-electron chi connectivity index (χ3n) is 5.82. The fraction of sp³-hybridized carbons (Fsp3) is 0.154. The van der Waals surface area contributed by atoms with Gasteiger partial charge in [-0.15, -0.1) is 0 Å². The minimum atomic E-state index is -1.09. The Morgan fingerprint density at radius 1 is 1.00 bits per heavy atom. The molecule has 8 nitrogen and oxygen atoms in total. The molecular weight excluding hydrogens is 438 g/mol. The number of methoxy groups -OCH3 is 2. The van der Waals surface area contributed by atoms with Crippen molar-refractivity contribution in [2.24, 2.45) is 0 Å². The van der Waals surface area contributed by atoms with Crippen LogP contribution in [0.3, 0.4) is 0 Å². The molecule has 8 heteroatoms. The summed E-state index contributed by atoms with van der Waals surface area (Å²) in [4.78, 5) is 26.5. The van der Waals surface area contributed by atoms with Crippen molar-refractivity contribution in [3.05, 3.63) is 88.3 Å². The predicted octanol–water partition coefficient (Wildman–Crippen LogP) is 4.05. The van der Waals surface area contributed by atoms with Gasteiger partial charge in [-0.1, -0.05) is 24.3 Å². The first kappa shape index (κ1) is 21.4. The van der Waals surface area contributed by atoms with Crippen molar-refractivity contribution in [1.29, 1.82) is 0 Å². The van der Waals surface area contributed by atoms with Gasteiger partial charge in [0.05, 0.1) is 31.1 Å². The second-order valence-electron chi connectivity index (χ2n) is 7.80. The first-order valence-electron chi connectivity index (χ1n) is 10.5. The van der Waals surface area contributed by atoms with E-state index in [1.807, 2.05) is 0 Å². The van der Waals surface area contributed by atoms with E-state index in [9.17, 15) is 14.7 Å². The molecule has 0 aliphatic carbocycles. The molecule has 0 saturated carbocycles. The fourth-order valence-electron chi connectivity index (χ4n) is 4.24. The summed E-state index contributed by atoms with van der Waals surface area (Å²) in [6.07, 6.45) is -1.09. The average Bonchev–Trinajstić information content (AvgIpc) is 3.26. The first-order chi connectivity index (χ1) is 16.5. The monoisotopic (exact) mass is 459 g/mol. The lowest BCUT2D eigenvalue weighted by atomic mass is 9.88. The third-order valence-corrected chi connectivity index (χ3v) is 5.82. The van der Waals surface area contributed by atoms with Crippen molar-refractivity contribution >= 4 is 22.6 Å². The molecule has 1 aliphatic rings. The lowest BCUT2D eigenvalue weighted by Gasteiger charge is -2.19. The summed E-state index contributed by atoms with van der Waals surface area (Å²) >= 11 is 0. The van der Waals surface area contributed by atoms with Gasteiger partial charge in [-0.2, -0.15) is 0 Å². The molecule has 0 fully saturated rings. The number of hydrogen-bond acceptors (Lipinski definition) is 7. The van der Waals surface area contributed by atoms with E-state index in [1.165, 1.54) is 20.3 Å². The van der Waals surface area contributed by atoms with Crippen LogP contribution in [0.1, 0.15) is 17.0 Å².